The first-order valence-electron chi connectivity index (χ1n) is 8.06. The van der Waals surface area contributed by atoms with Crippen LogP contribution < -0.4 is 0 Å². The van der Waals surface area contributed by atoms with Crippen LogP contribution in [0.4, 0.5) is 0 Å². The van der Waals surface area contributed by atoms with Crippen LogP contribution in [0.2, 0.25) is 5.02 Å². The number of rotatable bonds is 3. The molecule has 0 atom stereocenters. The Balaban J connectivity index is 1.61. The zero-order chi connectivity index (χ0) is 17.4. The molecule has 1 aliphatic heterocycles. The Morgan fingerprint density at radius 2 is 1.83 bits per heavy atom. The van der Waals surface area contributed by atoms with E-state index in [0.717, 1.165) is 25.3 Å². The van der Waals surface area contributed by atoms with Crippen LogP contribution in [0.25, 0.3) is 0 Å². The van der Waals surface area contributed by atoms with E-state index in [2.05, 4.69) is 22.0 Å². The minimum atomic E-state index is -0.0889. The average Bonchev–Trinajstić information content (AvgIpc) is 3.00. The number of hydrogen-bond donors (Lipinski definition) is 0. The number of hydrogen-bond acceptors (Lipinski definition) is 4. The second-order valence-electron chi connectivity index (χ2n) is 6.34. The summed E-state index contributed by atoms with van der Waals surface area (Å²) in [6, 6.07) is 0. The summed E-state index contributed by atoms with van der Waals surface area (Å²) in [5.41, 5.74) is 3.90. The van der Waals surface area contributed by atoms with Crippen molar-refractivity contribution in [3.63, 3.8) is 0 Å². The van der Waals surface area contributed by atoms with Gasteiger partial charge in [-0.05, 0) is 13.8 Å². The maximum Gasteiger partial charge on any atom is 0.276 e. The summed E-state index contributed by atoms with van der Waals surface area (Å²) in [6.45, 7) is 8.06. The largest absolute Gasteiger partial charge is 0.335 e. The highest BCUT2D eigenvalue weighted by atomic mass is 35.5. The molecule has 0 unspecified atom stereocenters. The molecular formula is C16H23ClN6O. The molecule has 8 heteroatoms. The fourth-order valence-corrected chi connectivity index (χ4v) is 3.39. The quantitative estimate of drug-likeness (QED) is 0.839. The van der Waals surface area contributed by atoms with E-state index in [1.165, 1.54) is 11.3 Å². The third-order valence-corrected chi connectivity index (χ3v) is 4.96. The average molecular weight is 351 g/mol. The van der Waals surface area contributed by atoms with Gasteiger partial charge in [0.05, 0.1) is 10.7 Å². The number of carbonyl (C=O) groups is 1. The van der Waals surface area contributed by atoms with Gasteiger partial charge in [-0.15, -0.1) is 0 Å². The van der Waals surface area contributed by atoms with Gasteiger partial charge in [-0.1, -0.05) is 11.6 Å². The SMILES string of the molecule is Cc1nn(C)c(C)c1CN1CCN(C(=O)c2nn(C)cc2Cl)CC1. The number of aromatic nitrogens is 4. The Hall–Kier alpha value is -1.86. The number of amides is 1. The minimum Gasteiger partial charge on any atom is -0.335 e. The van der Waals surface area contributed by atoms with Crippen LogP contribution in [0.5, 0.6) is 0 Å². The number of halogens is 1. The number of carbonyl (C=O) groups excluding carboxylic acids is 1. The first-order valence-corrected chi connectivity index (χ1v) is 8.44. The fourth-order valence-electron chi connectivity index (χ4n) is 3.13. The molecule has 0 radical (unpaired) electrons. The molecule has 0 N–H and O–H groups in total. The van der Waals surface area contributed by atoms with Gasteiger partial charge in [0.25, 0.3) is 5.91 Å². The Kier molecular flexibility index (Phi) is 4.64. The predicted octanol–water partition coefficient (Wildman–Crippen LogP) is 1.38. The predicted molar refractivity (Wildman–Crippen MR) is 92.1 cm³/mol. The summed E-state index contributed by atoms with van der Waals surface area (Å²) in [7, 11) is 3.73. The zero-order valence-corrected chi connectivity index (χ0v) is 15.3. The van der Waals surface area contributed by atoms with Gasteiger partial charge < -0.3 is 4.90 Å². The van der Waals surface area contributed by atoms with E-state index in [9.17, 15) is 4.79 Å². The number of aryl methyl sites for hydroxylation is 3. The molecule has 3 heterocycles. The Bertz CT molecular complexity index is 757. The summed E-state index contributed by atoms with van der Waals surface area (Å²) in [5, 5.41) is 9.05. The van der Waals surface area contributed by atoms with E-state index < -0.39 is 0 Å². The molecule has 24 heavy (non-hydrogen) atoms. The van der Waals surface area contributed by atoms with Crippen molar-refractivity contribution in [2.75, 3.05) is 26.2 Å². The van der Waals surface area contributed by atoms with E-state index in [0.29, 0.717) is 23.8 Å². The van der Waals surface area contributed by atoms with Gasteiger partial charge in [0.2, 0.25) is 0 Å². The van der Waals surface area contributed by atoms with Gasteiger partial charge in [0.1, 0.15) is 0 Å². The van der Waals surface area contributed by atoms with Crippen molar-refractivity contribution < 1.29 is 4.79 Å². The third kappa shape index (κ3) is 3.18. The van der Waals surface area contributed by atoms with Crippen molar-refractivity contribution in [2.45, 2.75) is 20.4 Å². The molecular weight excluding hydrogens is 328 g/mol. The van der Waals surface area contributed by atoms with Gasteiger partial charge in [0, 0.05) is 64.3 Å². The van der Waals surface area contributed by atoms with Crippen molar-refractivity contribution in [1.82, 2.24) is 29.4 Å². The number of piperazine rings is 1. The van der Waals surface area contributed by atoms with E-state index >= 15 is 0 Å². The lowest BCUT2D eigenvalue weighted by Gasteiger charge is -2.34. The first kappa shape index (κ1) is 17.0. The minimum absolute atomic E-state index is 0.0889. The monoisotopic (exact) mass is 350 g/mol. The molecule has 0 aliphatic carbocycles. The summed E-state index contributed by atoms with van der Waals surface area (Å²) in [5.74, 6) is -0.0889. The smallest absolute Gasteiger partial charge is 0.276 e. The third-order valence-electron chi connectivity index (χ3n) is 4.69. The Morgan fingerprint density at radius 1 is 1.17 bits per heavy atom. The van der Waals surface area contributed by atoms with E-state index in [-0.39, 0.29) is 5.91 Å². The topological polar surface area (TPSA) is 59.2 Å². The van der Waals surface area contributed by atoms with E-state index in [1.54, 1.807) is 17.9 Å². The molecule has 0 saturated carbocycles. The summed E-state index contributed by atoms with van der Waals surface area (Å²) in [6.07, 6.45) is 1.65. The molecule has 7 nitrogen and oxygen atoms in total. The van der Waals surface area contributed by atoms with E-state index in [4.69, 9.17) is 11.6 Å². The zero-order valence-electron chi connectivity index (χ0n) is 14.6. The summed E-state index contributed by atoms with van der Waals surface area (Å²) in [4.78, 5) is 16.7. The molecule has 3 rings (SSSR count). The maximum absolute atomic E-state index is 12.5. The number of nitrogens with zero attached hydrogens (tertiary/aromatic N) is 6. The second kappa shape index (κ2) is 6.57. The van der Waals surface area contributed by atoms with Gasteiger partial charge in [-0.3, -0.25) is 19.1 Å². The molecule has 1 amide bonds. The van der Waals surface area contributed by atoms with Crippen LogP contribution in [0.1, 0.15) is 27.4 Å². The molecule has 1 fully saturated rings. The van der Waals surface area contributed by atoms with Gasteiger partial charge in [-0.2, -0.15) is 10.2 Å². The Labute approximate surface area is 146 Å². The highest BCUT2D eigenvalue weighted by molar-refractivity contribution is 6.33. The summed E-state index contributed by atoms with van der Waals surface area (Å²) >= 11 is 6.08. The van der Waals surface area contributed by atoms with Crippen molar-refractivity contribution >= 4 is 17.5 Å². The summed E-state index contributed by atoms with van der Waals surface area (Å²) < 4.78 is 3.49. The van der Waals surface area contributed by atoms with Gasteiger partial charge >= 0.3 is 0 Å². The van der Waals surface area contributed by atoms with Crippen LogP contribution >= 0.6 is 11.6 Å². The molecule has 130 valence electrons. The van der Waals surface area contributed by atoms with Crippen LogP contribution in [0, 0.1) is 13.8 Å². The molecule has 0 bridgehead atoms. The van der Waals surface area contributed by atoms with Crippen molar-refractivity contribution in [2.24, 2.45) is 14.1 Å². The van der Waals surface area contributed by atoms with Crippen LogP contribution in [-0.4, -0.2) is 61.4 Å². The van der Waals surface area contributed by atoms with Crippen LogP contribution in [-0.2, 0) is 20.6 Å². The van der Waals surface area contributed by atoms with Crippen molar-refractivity contribution in [3.8, 4) is 0 Å². The molecule has 1 aliphatic rings. The lowest BCUT2D eigenvalue weighted by Crippen LogP contribution is -2.48. The van der Waals surface area contributed by atoms with Crippen LogP contribution in [0.3, 0.4) is 0 Å². The normalized spacial score (nSPS) is 16.0. The van der Waals surface area contributed by atoms with Crippen molar-refractivity contribution in [3.05, 3.63) is 33.9 Å². The molecule has 2 aromatic heterocycles. The first-order chi connectivity index (χ1) is 11.4. The van der Waals surface area contributed by atoms with Gasteiger partial charge in [0.15, 0.2) is 5.69 Å². The van der Waals surface area contributed by atoms with Crippen LogP contribution in [0.15, 0.2) is 6.20 Å². The second-order valence-corrected chi connectivity index (χ2v) is 6.75. The van der Waals surface area contributed by atoms with Gasteiger partial charge in [-0.25, -0.2) is 0 Å². The maximum atomic E-state index is 12.5. The molecule has 0 aromatic carbocycles. The highest BCUT2D eigenvalue weighted by Crippen LogP contribution is 2.19. The standard InChI is InChI=1S/C16H23ClN6O/c1-11-13(12(2)21(4)18-11)9-22-5-7-23(8-6-22)16(24)15-14(17)10-20(3)19-15/h10H,5-9H2,1-4H3. The Morgan fingerprint density at radius 3 is 2.33 bits per heavy atom. The molecule has 1 saturated heterocycles. The highest BCUT2D eigenvalue weighted by Gasteiger charge is 2.26. The fraction of sp³-hybridized carbons (Fsp3) is 0.562. The van der Waals surface area contributed by atoms with Crippen molar-refractivity contribution in [1.29, 1.82) is 0 Å². The molecule has 2 aromatic rings. The lowest BCUT2D eigenvalue weighted by atomic mass is 10.1. The van der Waals surface area contributed by atoms with E-state index in [1.807, 2.05) is 23.6 Å². The molecule has 0 spiro atoms. The lowest BCUT2D eigenvalue weighted by molar-refractivity contribution is 0.0621.